The number of hydrogen-bond donors (Lipinski definition) is 1. The van der Waals surface area contributed by atoms with Gasteiger partial charge in [0.2, 0.25) is 0 Å². The fourth-order valence-electron chi connectivity index (χ4n) is 0.843. The zero-order valence-corrected chi connectivity index (χ0v) is 9.00. The van der Waals surface area contributed by atoms with Gasteiger partial charge in [-0.3, -0.25) is 0 Å². The first-order chi connectivity index (χ1) is 6.33. The number of benzene rings is 1. The van der Waals surface area contributed by atoms with E-state index in [1.807, 2.05) is 24.3 Å². The van der Waals surface area contributed by atoms with Crippen LogP contribution in [0.2, 0.25) is 0 Å². The fraction of sp³-hybridized carbons (Fsp3) is 0.333. The Morgan fingerprint density at radius 1 is 1.31 bits per heavy atom. The predicted molar refractivity (Wildman–Crippen MR) is 54.6 cm³/mol. The second kappa shape index (κ2) is 5.96. The van der Waals surface area contributed by atoms with Gasteiger partial charge in [-0.1, -0.05) is 15.9 Å². The molecule has 0 unspecified atom stereocenters. The smallest absolute Gasteiger partial charge is 0.119 e. The van der Waals surface area contributed by atoms with Gasteiger partial charge in [0.25, 0.3) is 0 Å². The van der Waals surface area contributed by atoms with Crippen molar-refractivity contribution >= 4 is 15.9 Å². The Morgan fingerprint density at radius 2 is 2.00 bits per heavy atom. The van der Waals surface area contributed by atoms with E-state index in [0.717, 1.165) is 10.2 Å². The number of rotatable bonds is 5. The van der Waals surface area contributed by atoms with E-state index in [1.54, 1.807) is 7.11 Å². The van der Waals surface area contributed by atoms with Gasteiger partial charge in [0.1, 0.15) is 12.4 Å². The summed E-state index contributed by atoms with van der Waals surface area (Å²) < 4.78 is 6.45. The van der Waals surface area contributed by atoms with Crippen LogP contribution in [0, 0.1) is 0 Å². The molecule has 0 bridgehead atoms. The van der Waals surface area contributed by atoms with Crippen molar-refractivity contribution < 1.29 is 9.57 Å². The van der Waals surface area contributed by atoms with E-state index in [0.29, 0.717) is 13.2 Å². The summed E-state index contributed by atoms with van der Waals surface area (Å²) >= 11 is 3.35. The maximum absolute atomic E-state index is 5.40. The molecule has 1 N–H and O–H groups in total. The van der Waals surface area contributed by atoms with E-state index in [1.165, 1.54) is 0 Å². The SMILES string of the molecule is CONCCOc1ccc(Br)cc1. The molecule has 4 heteroatoms. The second-order valence-electron chi connectivity index (χ2n) is 2.40. The summed E-state index contributed by atoms with van der Waals surface area (Å²) in [6, 6.07) is 7.71. The summed E-state index contributed by atoms with van der Waals surface area (Å²) in [5, 5.41) is 0. The van der Waals surface area contributed by atoms with Crippen molar-refractivity contribution in [1.82, 2.24) is 5.48 Å². The zero-order chi connectivity index (χ0) is 9.52. The lowest BCUT2D eigenvalue weighted by Crippen LogP contribution is -2.19. The molecule has 1 rings (SSSR count). The molecule has 0 aromatic heterocycles. The van der Waals surface area contributed by atoms with Gasteiger partial charge < -0.3 is 9.57 Å². The van der Waals surface area contributed by atoms with Crippen LogP contribution in [-0.2, 0) is 4.84 Å². The molecular formula is C9H12BrNO2. The first-order valence-corrected chi connectivity index (χ1v) is 4.76. The van der Waals surface area contributed by atoms with E-state index < -0.39 is 0 Å². The van der Waals surface area contributed by atoms with Crippen molar-refractivity contribution in [2.45, 2.75) is 0 Å². The molecule has 0 heterocycles. The molecule has 1 aromatic carbocycles. The predicted octanol–water partition coefficient (Wildman–Crippen LogP) is 1.98. The summed E-state index contributed by atoms with van der Waals surface area (Å²) in [5.74, 6) is 0.862. The van der Waals surface area contributed by atoms with Crippen LogP contribution in [0.5, 0.6) is 5.75 Å². The molecule has 0 aliphatic heterocycles. The summed E-state index contributed by atoms with van der Waals surface area (Å²) in [7, 11) is 1.58. The summed E-state index contributed by atoms with van der Waals surface area (Å²) in [4.78, 5) is 4.66. The van der Waals surface area contributed by atoms with Crippen LogP contribution in [-0.4, -0.2) is 20.3 Å². The van der Waals surface area contributed by atoms with Crippen molar-refractivity contribution in [3.8, 4) is 5.75 Å². The highest BCUT2D eigenvalue weighted by Gasteiger charge is 1.92. The average molecular weight is 246 g/mol. The molecule has 0 fully saturated rings. The number of hydroxylamine groups is 1. The van der Waals surface area contributed by atoms with E-state index in [-0.39, 0.29) is 0 Å². The van der Waals surface area contributed by atoms with Crippen molar-refractivity contribution in [3.05, 3.63) is 28.7 Å². The van der Waals surface area contributed by atoms with Crippen molar-refractivity contribution in [1.29, 1.82) is 0 Å². The minimum Gasteiger partial charge on any atom is -0.492 e. The molecule has 0 amide bonds. The van der Waals surface area contributed by atoms with E-state index in [2.05, 4.69) is 26.2 Å². The highest BCUT2D eigenvalue weighted by Crippen LogP contribution is 2.15. The number of halogens is 1. The third-order valence-electron chi connectivity index (χ3n) is 1.43. The summed E-state index contributed by atoms with van der Waals surface area (Å²) in [5.41, 5.74) is 2.70. The Bertz CT molecular complexity index is 238. The molecule has 0 saturated heterocycles. The highest BCUT2D eigenvalue weighted by molar-refractivity contribution is 9.10. The van der Waals surface area contributed by atoms with Gasteiger partial charge in [-0.15, -0.1) is 0 Å². The maximum Gasteiger partial charge on any atom is 0.119 e. The molecule has 0 saturated carbocycles. The van der Waals surface area contributed by atoms with Gasteiger partial charge in [-0.05, 0) is 24.3 Å². The maximum atomic E-state index is 5.40. The molecule has 0 aliphatic carbocycles. The molecule has 0 spiro atoms. The van der Waals surface area contributed by atoms with Gasteiger partial charge >= 0.3 is 0 Å². The van der Waals surface area contributed by atoms with E-state index in [4.69, 9.17) is 4.74 Å². The van der Waals surface area contributed by atoms with Crippen molar-refractivity contribution in [2.24, 2.45) is 0 Å². The summed E-state index contributed by atoms with van der Waals surface area (Å²) in [6.45, 7) is 1.27. The number of nitrogens with one attached hydrogen (secondary N) is 1. The Balaban J connectivity index is 2.25. The Kier molecular flexibility index (Phi) is 4.82. The molecular weight excluding hydrogens is 234 g/mol. The van der Waals surface area contributed by atoms with Crippen LogP contribution in [0.1, 0.15) is 0 Å². The Labute approximate surface area is 86.1 Å². The highest BCUT2D eigenvalue weighted by atomic mass is 79.9. The first kappa shape index (κ1) is 10.5. The largest absolute Gasteiger partial charge is 0.492 e. The van der Waals surface area contributed by atoms with Crippen molar-refractivity contribution in [3.63, 3.8) is 0 Å². The first-order valence-electron chi connectivity index (χ1n) is 3.97. The lowest BCUT2D eigenvalue weighted by atomic mass is 10.3. The fourth-order valence-corrected chi connectivity index (χ4v) is 1.11. The lowest BCUT2D eigenvalue weighted by Gasteiger charge is -2.05. The monoisotopic (exact) mass is 245 g/mol. The van der Waals surface area contributed by atoms with Crippen LogP contribution in [0.15, 0.2) is 28.7 Å². The minimum atomic E-state index is 0.593. The van der Waals surface area contributed by atoms with Crippen LogP contribution in [0.25, 0.3) is 0 Å². The summed E-state index contributed by atoms with van der Waals surface area (Å²) in [6.07, 6.45) is 0. The molecule has 72 valence electrons. The average Bonchev–Trinajstić information content (AvgIpc) is 2.15. The van der Waals surface area contributed by atoms with Crippen LogP contribution >= 0.6 is 15.9 Å². The van der Waals surface area contributed by atoms with Gasteiger partial charge in [0.05, 0.1) is 13.7 Å². The molecule has 0 atom stereocenters. The molecule has 13 heavy (non-hydrogen) atoms. The molecule has 0 aliphatic rings. The van der Waals surface area contributed by atoms with Gasteiger partial charge in [-0.25, -0.2) is 0 Å². The van der Waals surface area contributed by atoms with Crippen LogP contribution < -0.4 is 10.2 Å². The standard InChI is InChI=1S/C9H12BrNO2/c1-12-11-6-7-13-9-4-2-8(10)3-5-9/h2-5,11H,6-7H2,1H3. The Morgan fingerprint density at radius 3 is 2.62 bits per heavy atom. The van der Waals surface area contributed by atoms with Gasteiger partial charge in [0.15, 0.2) is 0 Å². The van der Waals surface area contributed by atoms with Gasteiger partial charge in [-0.2, -0.15) is 5.48 Å². The van der Waals surface area contributed by atoms with E-state index in [9.17, 15) is 0 Å². The van der Waals surface area contributed by atoms with Crippen LogP contribution in [0.3, 0.4) is 0 Å². The zero-order valence-electron chi connectivity index (χ0n) is 7.42. The topological polar surface area (TPSA) is 30.5 Å². The minimum absolute atomic E-state index is 0.593. The number of hydrogen-bond acceptors (Lipinski definition) is 3. The molecule has 0 radical (unpaired) electrons. The van der Waals surface area contributed by atoms with E-state index >= 15 is 0 Å². The normalized spacial score (nSPS) is 10.0. The second-order valence-corrected chi connectivity index (χ2v) is 3.32. The third kappa shape index (κ3) is 4.26. The van der Waals surface area contributed by atoms with Crippen LogP contribution in [0.4, 0.5) is 0 Å². The Hall–Kier alpha value is -0.580. The molecule has 3 nitrogen and oxygen atoms in total. The van der Waals surface area contributed by atoms with Gasteiger partial charge in [0, 0.05) is 4.47 Å². The molecule has 1 aromatic rings. The quantitative estimate of drug-likeness (QED) is 0.636. The lowest BCUT2D eigenvalue weighted by molar-refractivity contribution is 0.0808. The number of ether oxygens (including phenoxy) is 1. The third-order valence-corrected chi connectivity index (χ3v) is 1.96. The van der Waals surface area contributed by atoms with Crippen molar-refractivity contribution in [2.75, 3.05) is 20.3 Å².